The van der Waals surface area contributed by atoms with E-state index in [1.54, 1.807) is 30.5 Å². The van der Waals surface area contributed by atoms with E-state index in [0.29, 0.717) is 48.8 Å². The Bertz CT molecular complexity index is 2170. The number of allylic oxidation sites excluding steroid dienone is 1. The van der Waals surface area contributed by atoms with Crippen LogP contribution in [0, 0.1) is 0 Å². The van der Waals surface area contributed by atoms with Crippen LogP contribution in [0.2, 0.25) is 10.0 Å². The van der Waals surface area contributed by atoms with Crippen molar-refractivity contribution in [1.29, 1.82) is 0 Å². The van der Waals surface area contributed by atoms with Crippen molar-refractivity contribution in [3.8, 4) is 11.5 Å². The number of hydrogen-bond donors (Lipinski definition) is 0. The lowest BCUT2D eigenvalue weighted by Crippen LogP contribution is -2.39. The maximum atomic E-state index is 14.3. The minimum atomic E-state index is -0.731. The molecule has 234 valence electrons. The molecule has 1 aromatic heterocycles. The van der Waals surface area contributed by atoms with Crippen LogP contribution in [-0.4, -0.2) is 23.8 Å². The number of ether oxygens (including phenoxy) is 3. The average Bonchev–Trinajstić information content (AvgIpc) is 3.36. The van der Waals surface area contributed by atoms with Crippen molar-refractivity contribution in [2.75, 3.05) is 13.2 Å². The van der Waals surface area contributed by atoms with Gasteiger partial charge in [-0.15, -0.1) is 0 Å². The molecule has 0 saturated heterocycles. The molecule has 1 aliphatic rings. The third-order valence-electron chi connectivity index (χ3n) is 7.61. The third kappa shape index (κ3) is 6.20. The zero-order valence-electron chi connectivity index (χ0n) is 25.4. The molecule has 6 rings (SSSR count). The monoisotopic (exact) mass is 672 g/mol. The van der Waals surface area contributed by atoms with Gasteiger partial charge in [-0.1, -0.05) is 83.1 Å². The van der Waals surface area contributed by atoms with E-state index in [2.05, 4.69) is 0 Å². The van der Waals surface area contributed by atoms with Gasteiger partial charge in [0.2, 0.25) is 0 Å². The van der Waals surface area contributed by atoms with Gasteiger partial charge in [0.1, 0.15) is 18.1 Å². The molecule has 7 nitrogen and oxygen atoms in total. The summed E-state index contributed by atoms with van der Waals surface area (Å²) in [5.41, 5.74) is 2.89. The van der Waals surface area contributed by atoms with Crippen molar-refractivity contribution in [2.45, 2.75) is 33.4 Å². The zero-order valence-corrected chi connectivity index (χ0v) is 27.7. The minimum Gasteiger partial charge on any atom is -0.494 e. The molecular weight excluding hydrogens is 643 g/mol. The fraction of sp³-hybridized carbons (Fsp3) is 0.194. The number of aromatic nitrogens is 1. The molecule has 0 amide bonds. The molecule has 4 aromatic carbocycles. The topological polar surface area (TPSA) is 79.1 Å². The van der Waals surface area contributed by atoms with Gasteiger partial charge in [0.25, 0.3) is 5.56 Å². The second kappa shape index (κ2) is 13.5. The maximum absolute atomic E-state index is 14.3. The van der Waals surface area contributed by atoms with Crippen molar-refractivity contribution < 1.29 is 19.0 Å². The molecule has 0 unspecified atom stereocenters. The molecule has 0 radical (unpaired) electrons. The molecule has 1 aliphatic heterocycles. The number of esters is 1. The van der Waals surface area contributed by atoms with Crippen molar-refractivity contribution in [3.05, 3.63) is 137 Å². The molecule has 0 saturated carbocycles. The van der Waals surface area contributed by atoms with Crippen LogP contribution in [0.1, 0.15) is 43.5 Å². The smallest absolute Gasteiger partial charge is 0.338 e. The van der Waals surface area contributed by atoms with Crippen LogP contribution in [0.15, 0.2) is 99.9 Å². The standard InChI is InChI=1S/C36H30Cl2N2O5S/c1-4-43-25-14-11-24(12-15-25)33-32(35(42)44-5-2)21(3)39-36-40(33)34(41)31(46-36)19-27-26-9-7-6-8-23(26)13-17-30(27)45-20-22-10-16-28(37)29(38)18-22/h6-19,33H,4-5,20H2,1-3H3/b31-19-/t33-/m0/s1. The van der Waals surface area contributed by atoms with Crippen LogP contribution >= 0.6 is 34.5 Å². The van der Waals surface area contributed by atoms with E-state index < -0.39 is 12.0 Å². The number of fused-ring (bicyclic) bond motifs is 2. The van der Waals surface area contributed by atoms with Gasteiger partial charge < -0.3 is 14.2 Å². The predicted octanol–water partition coefficient (Wildman–Crippen LogP) is 7.24. The summed E-state index contributed by atoms with van der Waals surface area (Å²) in [7, 11) is 0. The average molecular weight is 674 g/mol. The summed E-state index contributed by atoms with van der Waals surface area (Å²) in [5, 5.41) is 2.84. The number of hydrogen-bond acceptors (Lipinski definition) is 7. The van der Waals surface area contributed by atoms with Gasteiger partial charge in [0, 0.05) is 5.56 Å². The van der Waals surface area contributed by atoms with Gasteiger partial charge in [-0.3, -0.25) is 9.36 Å². The van der Waals surface area contributed by atoms with Crippen LogP contribution in [0.25, 0.3) is 16.8 Å². The van der Waals surface area contributed by atoms with Crippen LogP contribution in [0.3, 0.4) is 0 Å². The molecule has 0 spiro atoms. The summed E-state index contributed by atoms with van der Waals surface area (Å²) in [6.07, 6.45) is 1.84. The molecule has 10 heteroatoms. The summed E-state index contributed by atoms with van der Waals surface area (Å²) in [6.45, 7) is 6.40. The third-order valence-corrected chi connectivity index (χ3v) is 9.33. The van der Waals surface area contributed by atoms with Gasteiger partial charge in [-0.2, -0.15) is 0 Å². The number of halogens is 2. The van der Waals surface area contributed by atoms with E-state index in [9.17, 15) is 9.59 Å². The number of benzene rings is 4. The Morgan fingerprint density at radius 1 is 0.957 bits per heavy atom. The maximum Gasteiger partial charge on any atom is 0.338 e. The van der Waals surface area contributed by atoms with Crippen molar-refractivity contribution >= 4 is 57.4 Å². The van der Waals surface area contributed by atoms with Gasteiger partial charge in [0.15, 0.2) is 4.80 Å². The summed E-state index contributed by atoms with van der Waals surface area (Å²) in [4.78, 5) is 32.8. The first kappa shape index (κ1) is 31.6. The van der Waals surface area contributed by atoms with Gasteiger partial charge in [0.05, 0.1) is 45.1 Å². The first-order valence-corrected chi connectivity index (χ1v) is 16.4. The molecule has 0 fully saturated rings. The predicted molar refractivity (Wildman–Crippen MR) is 183 cm³/mol. The van der Waals surface area contributed by atoms with E-state index in [-0.39, 0.29) is 18.8 Å². The number of rotatable bonds is 9. The summed E-state index contributed by atoms with van der Waals surface area (Å²) >= 11 is 13.6. The molecule has 0 aliphatic carbocycles. The van der Waals surface area contributed by atoms with Gasteiger partial charge >= 0.3 is 5.97 Å². The highest BCUT2D eigenvalue weighted by Crippen LogP contribution is 2.33. The van der Waals surface area contributed by atoms with Crippen LogP contribution in [0.4, 0.5) is 0 Å². The quantitative estimate of drug-likeness (QED) is 0.154. The van der Waals surface area contributed by atoms with E-state index in [1.807, 2.05) is 79.7 Å². The zero-order chi connectivity index (χ0) is 32.4. The Kier molecular flexibility index (Phi) is 9.31. The lowest BCUT2D eigenvalue weighted by atomic mass is 9.96. The first-order chi connectivity index (χ1) is 22.3. The lowest BCUT2D eigenvalue weighted by Gasteiger charge is -2.24. The SMILES string of the molecule is CCOC(=O)C1=C(C)N=c2s/c(=C\c3c(OCc4ccc(Cl)c(Cl)c4)ccc4ccccc34)c(=O)n2[C@H]1c1ccc(OCC)cc1. The molecular formula is C36H30Cl2N2O5S. The van der Waals surface area contributed by atoms with Crippen molar-refractivity contribution in [2.24, 2.45) is 4.99 Å². The molecule has 2 heterocycles. The van der Waals surface area contributed by atoms with Crippen molar-refractivity contribution in [1.82, 2.24) is 4.57 Å². The summed E-state index contributed by atoms with van der Waals surface area (Å²) in [5.74, 6) is 0.785. The van der Waals surface area contributed by atoms with E-state index in [1.165, 1.54) is 11.3 Å². The fourth-order valence-electron chi connectivity index (χ4n) is 5.49. The highest BCUT2D eigenvalue weighted by Gasteiger charge is 2.33. The molecule has 46 heavy (non-hydrogen) atoms. The molecule has 0 N–H and O–H groups in total. The number of carbonyl (C=O) groups is 1. The second-order valence-electron chi connectivity index (χ2n) is 10.5. The number of carbonyl (C=O) groups excluding carboxylic acids is 1. The van der Waals surface area contributed by atoms with Crippen molar-refractivity contribution in [3.63, 3.8) is 0 Å². The summed E-state index contributed by atoms with van der Waals surface area (Å²) in [6, 6.07) is 23.8. The largest absolute Gasteiger partial charge is 0.494 e. The van der Waals surface area contributed by atoms with E-state index in [0.717, 1.165) is 27.5 Å². The second-order valence-corrected chi connectivity index (χ2v) is 12.4. The molecule has 1 atom stereocenters. The Morgan fingerprint density at radius 2 is 1.74 bits per heavy atom. The van der Waals surface area contributed by atoms with Gasteiger partial charge in [-0.25, -0.2) is 9.79 Å². The fourth-order valence-corrected chi connectivity index (χ4v) is 6.84. The van der Waals surface area contributed by atoms with E-state index in [4.69, 9.17) is 42.4 Å². The highest BCUT2D eigenvalue weighted by molar-refractivity contribution is 7.07. The number of nitrogens with zero attached hydrogens (tertiary/aromatic N) is 2. The van der Waals surface area contributed by atoms with Crippen LogP contribution in [0.5, 0.6) is 11.5 Å². The van der Waals surface area contributed by atoms with E-state index >= 15 is 0 Å². The molecule has 0 bridgehead atoms. The number of thiazole rings is 1. The Morgan fingerprint density at radius 3 is 2.48 bits per heavy atom. The first-order valence-electron chi connectivity index (χ1n) is 14.8. The minimum absolute atomic E-state index is 0.197. The summed E-state index contributed by atoms with van der Waals surface area (Å²) < 4.78 is 19.4. The highest BCUT2D eigenvalue weighted by atomic mass is 35.5. The van der Waals surface area contributed by atoms with Crippen LogP contribution < -0.4 is 24.4 Å². The Labute approximate surface area is 279 Å². The normalized spacial score (nSPS) is 14.6. The Balaban J connectivity index is 1.50. The van der Waals surface area contributed by atoms with Gasteiger partial charge in [-0.05, 0) is 79.1 Å². The lowest BCUT2D eigenvalue weighted by molar-refractivity contribution is -0.139. The molecule has 5 aromatic rings. The van der Waals surface area contributed by atoms with Crippen LogP contribution in [-0.2, 0) is 16.1 Å². The Hall–Kier alpha value is -4.37.